The van der Waals surface area contributed by atoms with Crippen molar-refractivity contribution in [2.24, 2.45) is 10.1 Å². The van der Waals surface area contributed by atoms with Crippen LogP contribution in [-0.4, -0.2) is 43.4 Å². The molecule has 1 aromatic carbocycles. The van der Waals surface area contributed by atoms with E-state index in [0.717, 1.165) is 31.7 Å². The lowest BCUT2D eigenvalue weighted by Gasteiger charge is -2.32. The molecule has 1 heterocycles. The third kappa shape index (κ3) is 5.41. The summed E-state index contributed by atoms with van der Waals surface area (Å²) in [5, 5.41) is 12.3. The Morgan fingerprint density at radius 2 is 2.26 bits per heavy atom. The predicted molar refractivity (Wildman–Crippen MR) is 94.6 cm³/mol. The smallest absolute Gasteiger partial charge is 0.188 e. The summed E-state index contributed by atoms with van der Waals surface area (Å²) in [5.74, 6) is 1.45. The second-order valence-electron chi connectivity index (χ2n) is 5.39. The Kier molecular flexibility index (Phi) is 6.62. The highest BCUT2D eigenvalue weighted by Crippen LogP contribution is 2.14. The number of hydrazone groups is 1. The van der Waals surface area contributed by atoms with Crippen LogP contribution in [0.5, 0.6) is 5.75 Å². The molecule has 0 radical (unpaired) electrons. The molecule has 6 heteroatoms. The molecule has 1 aromatic rings. The molecule has 0 saturated carbocycles. The molecule has 1 saturated heterocycles. The number of hydrogen-bond donors (Lipinski definition) is 2. The van der Waals surface area contributed by atoms with E-state index in [1.807, 2.05) is 37.3 Å². The number of aliphatic imine (C=N–C) groups is 1. The summed E-state index contributed by atoms with van der Waals surface area (Å²) < 4.78 is 5.67. The standard InChI is InChI=1S/C17H25N5O/c1-14(22(18-3)16-8-7-11-19-12-16)20-13-21-15(2)23-17-9-5-4-6-10-17/h4-6,9-10,13,15-16,19H,1,3,7-8,11-12H2,2H3,(H,20,21)/t15?,16-/m1/s1. The highest BCUT2D eigenvalue weighted by molar-refractivity contribution is 5.57. The summed E-state index contributed by atoms with van der Waals surface area (Å²) >= 11 is 0. The third-order valence-electron chi connectivity index (χ3n) is 3.61. The largest absolute Gasteiger partial charge is 0.469 e. The quantitative estimate of drug-likeness (QED) is 0.438. The summed E-state index contributed by atoms with van der Waals surface area (Å²) in [6, 6.07) is 9.88. The van der Waals surface area contributed by atoms with Gasteiger partial charge in [0.25, 0.3) is 0 Å². The highest BCUT2D eigenvalue weighted by atomic mass is 16.5. The minimum absolute atomic E-state index is 0.271. The van der Waals surface area contributed by atoms with Crippen molar-refractivity contribution in [1.29, 1.82) is 0 Å². The molecule has 0 spiro atoms. The first-order valence-corrected chi connectivity index (χ1v) is 7.86. The Labute approximate surface area is 137 Å². The van der Waals surface area contributed by atoms with E-state index in [1.54, 1.807) is 11.3 Å². The van der Waals surface area contributed by atoms with E-state index in [1.165, 1.54) is 0 Å². The van der Waals surface area contributed by atoms with Crippen molar-refractivity contribution >= 4 is 13.1 Å². The summed E-state index contributed by atoms with van der Waals surface area (Å²) in [6.45, 7) is 11.4. The van der Waals surface area contributed by atoms with Crippen molar-refractivity contribution in [3.8, 4) is 5.75 Å². The molecule has 2 atom stereocenters. The SMILES string of the molecule is C=NN(C(=C)N/C=N\C(C)Oc1ccccc1)[C@@H]1CCCNC1. The number of benzene rings is 1. The first-order chi connectivity index (χ1) is 11.2. The number of ether oxygens (including phenoxy) is 1. The van der Waals surface area contributed by atoms with E-state index in [0.29, 0.717) is 5.82 Å². The lowest BCUT2D eigenvalue weighted by molar-refractivity contribution is 0.214. The number of rotatable bonds is 8. The maximum atomic E-state index is 5.67. The lowest BCUT2D eigenvalue weighted by atomic mass is 10.1. The van der Waals surface area contributed by atoms with Crippen molar-refractivity contribution in [3.05, 3.63) is 42.7 Å². The number of nitrogens with zero attached hydrogens (tertiary/aromatic N) is 3. The zero-order valence-corrected chi connectivity index (χ0v) is 13.6. The third-order valence-corrected chi connectivity index (χ3v) is 3.61. The van der Waals surface area contributed by atoms with E-state index in [9.17, 15) is 0 Å². The molecular formula is C17H25N5O. The van der Waals surface area contributed by atoms with Gasteiger partial charge in [0.1, 0.15) is 11.6 Å². The van der Waals surface area contributed by atoms with Crippen LogP contribution < -0.4 is 15.4 Å². The molecule has 2 N–H and O–H groups in total. The fourth-order valence-electron chi connectivity index (χ4n) is 2.47. The van der Waals surface area contributed by atoms with Gasteiger partial charge in [-0.1, -0.05) is 24.8 Å². The van der Waals surface area contributed by atoms with Crippen LogP contribution in [0.3, 0.4) is 0 Å². The van der Waals surface area contributed by atoms with E-state index in [-0.39, 0.29) is 12.3 Å². The summed E-state index contributed by atoms with van der Waals surface area (Å²) in [4.78, 5) is 4.30. The predicted octanol–water partition coefficient (Wildman–Crippen LogP) is 2.17. The number of nitrogens with one attached hydrogen (secondary N) is 2. The van der Waals surface area contributed by atoms with Gasteiger partial charge < -0.3 is 15.4 Å². The molecule has 0 amide bonds. The van der Waals surface area contributed by atoms with Crippen LogP contribution >= 0.6 is 0 Å². The second-order valence-corrected chi connectivity index (χ2v) is 5.39. The van der Waals surface area contributed by atoms with Crippen LogP contribution in [0.1, 0.15) is 19.8 Å². The van der Waals surface area contributed by atoms with Gasteiger partial charge in [0.15, 0.2) is 6.23 Å². The molecule has 1 aliphatic rings. The van der Waals surface area contributed by atoms with Gasteiger partial charge in [-0.2, -0.15) is 5.10 Å². The molecule has 1 fully saturated rings. The van der Waals surface area contributed by atoms with Crippen LogP contribution in [0.15, 0.2) is 52.8 Å². The molecule has 0 aromatic heterocycles. The Morgan fingerprint density at radius 3 is 2.91 bits per heavy atom. The van der Waals surface area contributed by atoms with E-state index < -0.39 is 0 Å². The van der Waals surface area contributed by atoms with Gasteiger partial charge >= 0.3 is 0 Å². The molecule has 0 aliphatic carbocycles. The maximum Gasteiger partial charge on any atom is 0.188 e. The van der Waals surface area contributed by atoms with Crippen LogP contribution in [0, 0.1) is 0 Å². The summed E-state index contributed by atoms with van der Waals surface area (Å²) in [5.41, 5.74) is 0. The van der Waals surface area contributed by atoms with E-state index >= 15 is 0 Å². The van der Waals surface area contributed by atoms with Gasteiger partial charge in [0.05, 0.1) is 12.4 Å². The fourth-order valence-corrected chi connectivity index (χ4v) is 2.47. The van der Waals surface area contributed by atoms with E-state index in [4.69, 9.17) is 4.74 Å². The summed E-state index contributed by atoms with van der Waals surface area (Å²) in [6.07, 6.45) is 3.49. The monoisotopic (exact) mass is 315 g/mol. The molecule has 1 unspecified atom stereocenters. The Balaban J connectivity index is 1.80. The van der Waals surface area contributed by atoms with Crippen LogP contribution in [0.25, 0.3) is 0 Å². The van der Waals surface area contributed by atoms with Crippen molar-refractivity contribution in [2.45, 2.75) is 32.0 Å². The average Bonchev–Trinajstić information content (AvgIpc) is 2.57. The highest BCUT2D eigenvalue weighted by Gasteiger charge is 2.20. The molecule has 23 heavy (non-hydrogen) atoms. The van der Waals surface area contributed by atoms with E-state index in [2.05, 4.69) is 34.0 Å². The van der Waals surface area contributed by atoms with Crippen molar-refractivity contribution in [2.75, 3.05) is 13.1 Å². The number of para-hydroxylation sites is 1. The van der Waals surface area contributed by atoms with Gasteiger partial charge in [0, 0.05) is 13.3 Å². The van der Waals surface area contributed by atoms with Crippen molar-refractivity contribution in [3.63, 3.8) is 0 Å². The molecule has 6 nitrogen and oxygen atoms in total. The van der Waals surface area contributed by atoms with Crippen molar-refractivity contribution < 1.29 is 4.74 Å². The van der Waals surface area contributed by atoms with Crippen LogP contribution in [-0.2, 0) is 0 Å². The first kappa shape index (κ1) is 17.0. The number of hydrogen-bond acceptors (Lipinski definition) is 5. The zero-order valence-electron chi connectivity index (χ0n) is 13.6. The van der Waals surface area contributed by atoms with Crippen LogP contribution in [0.2, 0.25) is 0 Å². The Hall–Kier alpha value is -2.34. The van der Waals surface area contributed by atoms with Gasteiger partial charge in [-0.25, -0.2) is 10.0 Å². The minimum Gasteiger partial charge on any atom is -0.469 e. The van der Waals surface area contributed by atoms with Gasteiger partial charge in [0.2, 0.25) is 0 Å². The molecule has 124 valence electrons. The lowest BCUT2D eigenvalue weighted by Crippen LogP contribution is -2.45. The number of piperidine rings is 1. The average molecular weight is 315 g/mol. The molecule has 1 aliphatic heterocycles. The Bertz CT molecular complexity index is 525. The van der Waals surface area contributed by atoms with Gasteiger partial charge in [-0.15, -0.1) is 0 Å². The van der Waals surface area contributed by atoms with Gasteiger partial charge in [-0.3, -0.25) is 0 Å². The maximum absolute atomic E-state index is 5.67. The van der Waals surface area contributed by atoms with Gasteiger partial charge in [-0.05, 0) is 38.4 Å². The second kappa shape index (κ2) is 8.95. The van der Waals surface area contributed by atoms with Crippen LogP contribution in [0.4, 0.5) is 0 Å². The zero-order chi connectivity index (χ0) is 16.5. The first-order valence-electron chi connectivity index (χ1n) is 7.86. The molecule has 0 bridgehead atoms. The fraction of sp³-hybridized carbons (Fsp3) is 0.412. The Morgan fingerprint density at radius 1 is 1.48 bits per heavy atom. The minimum atomic E-state index is -0.292. The normalized spacial score (nSPS) is 19.1. The molecular weight excluding hydrogens is 290 g/mol. The van der Waals surface area contributed by atoms with Crippen molar-refractivity contribution in [1.82, 2.24) is 15.6 Å². The topological polar surface area (TPSA) is 61.2 Å². The summed E-state index contributed by atoms with van der Waals surface area (Å²) in [7, 11) is 0. The molecule has 2 rings (SSSR count).